The van der Waals surface area contributed by atoms with E-state index in [1.807, 2.05) is 12.1 Å². The van der Waals surface area contributed by atoms with E-state index in [0.29, 0.717) is 18.8 Å². The Morgan fingerprint density at radius 1 is 0.971 bits per heavy atom. The molecule has 4 fully saturated rings. The highest BCUT2D eigenvalue weighted by Gasteiger charge is 2.52. The molecule has 0 atom stereocenters. The first-order valence-electron chi connectivity index (χ1n) is 12.8. The molecule has 0 amide bonds. The van der Waals surface area contributed by atoms with Gasteiger partial charge in [-0.25, -0.2) is 4.79 Å². The van der Waals surface area contributed by atoms with Gasteiger partial charge in [-0.05, 0) is 110 Å². The SMILES string of the molecule is COCCOCOc1ccc(/C(C)=C\c2ccc(C(=O)O)cc2)cc1C12CC3CC(CC(C3)C1)C2. The predicted molar refractivity (Wildman–Crippen MR) is 137 cm³/mol. The molecule has 6 rings (SSSR count). The lowest BCUT2D eigenvalue weighted by Gasteiger charge is -2.57. The summed E-state index contributed by atoms with van der Waals surface area (Å²) < 4.78 is 16.9. The summed E-state index contributed by atoms with van der Waals surface area (Å²) in [6, 6.07) is 13.6. The first-order valence-corrected chi connectivity index (χ1v) is 12.8. The Morgan fingerprint density at radius 2 is 1.60 bits per heavy atom. The second-order valence-corrected chi connectivity index (χ2v) is 10.8. The predicted octanol–water partition coefficient (Wildman–Crippen LogP) is 6.41. The summed E-state index contributed by atoms with van der Waals surface area (Å²) in [7, 11) is 1.67. The van der Waals surface area contributed by atoms with E-state index in [0.717, 1.165) is 34.6 Å². The van der Waals surface area contributed by atoms with Gasteiger partial charge in [-0.15, -0.1) is 0 Å². The minimum Gasteiger partial charge on any atom is -0.478 e. The highest BCUT2D eigenvalue weighted by atomic mass is 16.7. The van der Waals surface area contributed by atoms with E-state index in [-0.39, 0.29) is 12.2 Å². The van der Waals surface area contributed by atoms with Crippen molar-refractivity contribution in [3.05, 3.63) is 64.7 Å². The molecule has 0 spiro atoms. The van der Waals surface area contributed by atoms with Gasteiger partial charge >= 0.3 is 5.97 Å². The summed E-state index contributed by atoms with van der Waals surface area (Å²) >= 11 is 0. The minimum absolute atomic E-state index is 0.204. The van der Waals surface area contributed by atoms with Gasteiger partial charge in [0.25, 0.3) is 0 Å². The molecule has 0 heterocycles. The van der Waals surface area contributed by atoms with Gasteiger partial charge in [-0.3, -0.25) is 0 Å². The van der Waals surface area contributed by atoms with Crippen molar-refractivity contribution in [3.63, 3.8) is 0 Å². The number of carboxylic acid groups (broad SMARTS) is 1. The van der Waals surface area contributed by atoms with Crippen LogP contribution in [0.2, 0.25) is 0 Å². The van der Waals surface area contributed by atoms with Gasteiger partial charge in [0, 0.05) is 12.7 Å². The topological polar surface area (TPSA) is 65.0 Å². The minimum atomic E-state index is -0.903. The monoisotopic (exact) mass is 476 g/mol. The number of carboxylic acids is 1. The summed E-state index contributed by atoms with van der Waals surface area (Å²) in [5.74, 6) is 2.59. The highest BCUT2D eigenvalue weighted by Crippen LogP contribution is 2.62. The van der Waals surface area contributed by atoms with Crippen LogP contribution < -0.4 is 4.74 Å². The maximum Gasteiger partial charge on any atom is 0.335 e. The summed E-state index contributed by atoms with van der Waals surface area (Å²) in [4.78, 5) is 11.2. The van der Waals surface area contributed by atoms with Crippen LogP contribution in [0.25, 0.3) is 11.6 Å². The zero-order valence-corrected chi connectivity index (χ0v) is 20.8. The van der Waals surface area contributed by atoms with Crippen LogP contribution in [0.15, 0.2) is 42.5 Å². The fourth-order valence-corrected chi connectivity index (χ4v) is 7.12. The fourth-order valence-electron chi connectivity index (χ4n) is 7.12. The largest absolute Gasteiger partial charge is 0.478 e. The van der Waals surface area contributed by atoms with Crippen molar-refractivity contribution in [3.8, 4) is 5.75 Å². The third-order valence-electron chi connectivity index (χ3n) is 8.31. The molecule has 35 heavy (non-hydrogen) atoms. The molecule has 4 saturated carbocycles. The first-order chi connectivity index (χ1) is 17.0. The number of methoxy groups -OCH3 is 1. The van der Waals surface area contributed by atoms with Gasteiger partial charge in [0.2, 0.25) is 0 Å². The van der Waals surface area contributed by atoms with Crippen LogP contribution in [0.4, 0.5) is 0 Å². The third-order valence-corrected chi connectivity index (χ3v) is 8.31. The fraction of sp³-hybridized carbons (Fsp3) is 0.500. The van der Waals surface area contributed by atoms with Crippen LogP contribution in [-0.4, -0.2) is 38.2 Å². The highest BCUT2D eigenvalue weighted by molar-refractivity contribution is 5.88. The van der Waals surface area contributed by atoms with Gasteiger partial charge < -0.3 is 19.3 Å². The smallest absolute Gasteiger partial charge is 0.335 e. The first kappa shape index (κ1) is 24.1. The number of hydrogen-bond acceptors (Lipinski definition) is 4. The molecule has 5 nitrogen and oxygen atoms in total. The van der Waals surface area contributed by atoms with Crippen molar-refractivity contribution in [2.75, 3.05) is 27.1 Å². The van der Waals surface area contributed by atoms with Crippen LogP contribution in [0, 0.1) is 17.8 Å². The Bertz CT molecular complexity index is 1050. The molecule has 0 unspecified atom stereocenters. The van der Waals surface area contributed by atoms with E-state index in [1.165, 1.54) is 49.7 Å². The van der Waals surface area contributed by atoms with Crippen molar-refractivity contribution in [2.45, 2.75) is 50.9 Å². The van der Waals surface area contributed by atoms with Crippen LogP contribution in [-0.2, 0) is 14.9 Å². The normalized spacial score (nSPS) is 27.3. The van der Waals surface area contributed by atoms with E-state index in [4.69, 9.17) is 14.2 Å². The summed E-state index contributed by atoms with van der Waals surface area (Å²) in [6.45, 7) is 3.43. The van der Waals surface area contributed by atoms with E-state index < -0.39 is 5.97 Å². The number of carbonyl (C=O) groups is 1. The molecule has 4 bridgehead atoms. The number of benzene rings is 2. The van der Waals surface area contributed by atoms with Gasteiger partial charge in [-0.1, -0.05) is 24.3 Å². The lowest BCUT2D eigenvalue weighted by atomic mass is 9.48. The lowest BCUT2D eigenvalue weighted by molar-refractivity contribution is -0.0189. The number of hydrogen-bond donors (Lipinski definition) is 1. The van der Waals surface area contributed by atoms with E-state index in [1.54, 1.807) is 19.2 Å². The van der Waals surface area contributed by atoms with Crippen molar-refractivity contribution < 1.29 is 24.1 Å². The van der Waals surface area contributed by atoms with Gasteiger partial charge in [-0.2, -0.15) is 0 Å². The van der Waals surface area contributed by atoms with Crippen LogP contribution >= 0.6 is 0 Å². The van der Waals surface area contributed by atoms with E-state index in [9.17, 15) is 9.90 Å². The van der Waals surface area contributed by atoms with Gasteiger partial charge in [0.15, 0.2) is 6.79 Å². The molecular formula is C30H36O5. The molecule has 2 aromatic carbocycles. The molecule has 186 valence electrons. The second-order valence-electron chi connectivity index (χ2n) is 10.8. The Hall–Kier alpha value is -2.63. The third kappa shape index (κ3) is 5.17. The van der Waals surface area contributed by atoms with Crippen molar-refractivity contribution in [2.24, 2.45) is 17.8 Å². The molecule has 0 saturated heterocycles. The van der Waals surface area contributed by atoms with Crippen molar-refractivity contribution >= 4 is 17.6 Å². The maximum absolute atomic E-state index is 11.2. The molecule has 1 N–H and O–H groups in total. The molecule has 5 heteroatoms. The average molecular weight is 477 g/mol. The Labute approximate surface area is 208 Å². The standard InChI is InChI=1S/C30H36O5/c1-20(11-21-3-5-25(6-4-21)29(31)32)26-7-8-28(35-19-34-10-9-33-2)27(15-26)30-16-22-12-23(17-30)14-24(13-22)18-30/h3-8,11,15,22-24H,9-10,12-14,16-19H2,1-2H3,(H,31,32)/b20-11-. The summed E-state index contributed by atoms with van der Waals surface area (Å²) in [6.07, 6.45) is 10.1. The number of aromatic carboxylic acids is 1. The van der Waals surface area contributed by atoms with E-state index in [2.05, 4.69) is 31.2 Å². The van der Waals surface area contributed by atoms with Crippen LogP contribution in [0.3, 0.4) is 0 Å². The zero-order chi connectivity index (χ0) is 24.4. The number of rotatable bonds is 10. The second kappa shape index (κ2) is 10.2. The molecular weight excluding hydrogens is 440 g/mol. The Balaban J connectivity index is 1.44. The van der Waals surface area contributed by atoms with Crippen LogP contribution in [0.1, 0.15) is 72.5 Å². The maximum atomic E-state index is 11.2. The van der Waals surface area contributed by atoms with Gasteiger partial charge in [0.1, 0.15) is 5.75 Å². The lowest BCUT2D eigenvalue weighted by Crippen LogP contribution is -2.48. The molecule has 2 aromatic rings. The quantitative estimate of drug-likeness (QED) is 0.244. The molecule has 0 radical (unpaired) electrons. The molecule has 0 aromatic heterocycles. The van der Waals surface area contributed by atoms with E-state index >= 15 is 0 Å². The van der Waals surface area contributed by atoms with Crippen molar-refractivity contribution in [1.82, 2.24) is 0 Å². The molecule has 4 aliphatic rings. The zero-order valence-electron chi connectivity index (χ0n) is 20.8. The molecule has 0 aliphatic heterocycles. The summed E-state index contributed by atoms with van der Waals surface area (Å²) in [5.41, 5.74) is 5.19. The number of ether oxygens (including phenoxy) is 3. The average Bonchev–Trinajstić information content (AvgIpc) is 2.83. The van der Waals surface area contributed by atoms with Crippen molar-refractivity contribution in [1.29, 1.82) is 0 Å². The Morgan fingerprint density at radius 3 is 2.20 bits per heavy atom. The summed E-state index contributed by atoms with van der Waals surface area (Å²) in [5, 5.41) is 9.17. The Kier molecular flexibility index (Phi) is 6.99. The molecule has 4 aliphatic carbocycles. The van der Waals surface area contributed by atoms with Crippen LogP contribution in [0.5, 0.6) is 5.75 Å². The number of allylic oxidation sites excluding steroid dienone is 1. The van der Waals surface area contributed by atoms with Gasteiger partial charge in [0.05, 0.1) is 18.8 Å².